The van der Waals surface area contributed by atoms with E-state index in [1.807, 2.05) is 0 Å². The van der Waals surface area contributed by atoms with Gasteiger partial charge in [0.2, 0.25) is 0 Å². The highest BCUT2D eigenvalue weighted by Crippen LogP contribution is 2.11. The zero-order valence-corrected chi connectivity index (χ0v) is 6.10. The van der Waals surface area contributed by atoms with E-state index in [1.54, 1.807) is 0 Å². The van der Waals surface area contributed by atoms with Crippen LogP contribution in [0.4, 0.5) is 9.18 Å². The van der Waals surface area contributed by atoms with Crippen LogP contribution < -0.4 is 0 Å². The number of hydrogen-bond donors (Lipinski definition) is 1. The molecule has 10 heavy (non-hydrogen) atoms. The molecule has 1 amide bonds. The summed E-state index contributed by atoms with van der Waals surface area (Å²) in [6.45, 7) is 0.395. The first-order valence-corrected chi connectivity index (χ1v) is 2.82. The van der Waals surface area contributed by atoms with Crippen molar-refractivity contribution in [3.8, 4) is 0 Å². The molecule has 0 radical (unpaired) electrons. The fourth-order valence-electron chi connectivity index (χ4n) is 0.891. The summed E-state index contributed by atoms with van der Waals surface area (Å²) in [6, 6.07) is 0. The molecule has 1 heterocycles. The lowest BCUT2D eigenvalue weighted by molar-refractivity contribution is 0.152. The van der Waals surface area contributed by atoms with Gasteiger partial charge < -0.3 is 10.0 Å². The molecule has 3 nitrogen and oxygen atoms in total. The first-order chi connectivity index (χ1) is 4.20. The van der Waals surface area contributed by atoms with Crippen molar-refractivity contribution in [2.45, 2.75) is 12.6 Å². The average molecular weight is 170 g/mol. The number of halogens is 2. The van der Waals surface area contributed by atoms with Gasteiger partial charge in [0.25, 0.3) is 0 Å². The molecular weight excluding hydrogens is 161 g/mol. The lowest BCUT2D eigenvalue weighted by Crippen LogP contribution is -2.26. The number of hydrogen-bond acceptors (Lipinski definition) is 1. The van der Waals surface area contributed by atoms with Gasteiger partial charge in [0.1, 0.15) is 6.17 Å². The summed E-state index contributed by atoms with van der Waals surface area (Å²) in [5.41, 5.74) is 0. The van der Waals surface area contributed by atoms with E-state index in [-0.39, 0.29) is 19.0 Å². The number of carbonyl (C=O) groups is 1. The summed E-state index contributed by atoms with van der Waals surface area (Å²) in [4.78, 5) is 11.2. The number of likely N-dealkylation sites (tertiary alicyclic amines) is 1. The monoisotopic (exact) mass is 169 g/mol. The molecule has 5 heteroatoms. The molecule has 1 rings (SSSR count). The van der Waals surface area contributed by atoms with Crippen molar-refractivity contribution >= 4 is 18.5 Å². The second kappa shape index (κ2) is 3.61. The Hall–Kier alpha value is -0.510. The lowest BCUT2D eigenvalue weighted by Gasteiger charge is -2.07. The molecule has 0 bridgehead atoms. The van der Waals surface area contributed by atoms with E-state index in [1.165, 1.54) is 0 Å². The molecule has 1 aliphatic rings. The Labute approximate surface area is 64.2 Å². The van der Waals surface area contributed by atoms with Crippen molar-refractivity contribution < 1.29 is 14.3 Å². The van der Waals surface area contributed by atoms with Crippen LogP contribution in [0.15, 0.2) is 0 Å². The van der Waals surface area contributed by atoms with Gasteiger partial charge >= 0.3 is 6.09 Å². The number of carboxylic acid groups (broad SMARTS) is 1. The van der Waals surface area contributed by atoms with Crippen LogP contribution in [0.2, 0.25) is 0 Å². The van der Waals surface area contributed by atoms with Crippen molar-refractivity contribution in [1.82, 2.24) is 4.90 Å². The van der Waals surface area contributed by atoms with Gasteiger partial charge in [-0.05, 0) is 6.42 Å². The largest absolute Gasteiger partial charge is 0.465 e. The number of alkyl halides is 1. The Morgan fingerprint density at radius 3 is 2.50 bits per heavy atom. The van der Waals surface area contributed by atoms with Gasteiger partial charge in [-0.15, -0.1) is 12.4 Å². The maximum Gasteiger partial charge on any atom is 0.407 e. The van der Waals surface area contributed by atoms with E-state index in [9.17, 15) is 9.18 Å². The smallest absolute Gasteiger partial charge is 0.407 e. The number of amides is 1. The van der Waals surface area contributed by atoms with Crippen LogP contribution in [0.25, 0.3) is 0 Å². The molecule has 1 N–H and O–H groups in total. The van der Waals surface area contributed by atoms with Crippen LogP contribution in [0.5, 0.6) is 0 Å². The highest BCUT2D eigenvalue weighted by atomic mass is 35.5. The summed E-state index contributed by atoms with van der Waals surface area (Å²) in [7, 11) is 0. The molecule has 0 aromatic rings. The van der Waals surface area contributed by atoms with Gasteiger partial charge in [0.15, 0.2) is 0 Å². The van der Waals surface area contributed by atoms with E-state index in [2.05, 4.69) is 0 Å². The van der Waals surface area contributed by atoms with Crippen LogP contribution in [-0.2, 0) is 0 Å². The maximum absolute atomic E-state index is 12.2. The predicted octanol–water partition coefficient (Wildman–Crippen LogP) is 1.13. The van der Waals surface area contributed by atoms with Gasteiger partial charge in [0.05, 0.1) is 6.54 Å². The molecule has 1 unspecified atom stereocenters. The second-order valence-corrected chi connectivity index (χ2v) is 2.11. The zero-order valence-electron chi connectivity index (χ0n) is 5.29. The molecule has 0 aromatic carbocycles. The van der Waals surface area contributed by atoms with Gasteiger partial charge in [-0.2, -0.15) is 0 Å². The maximum atomic E-state index is 12.2. The minimum Gasteiger partial charge on any atom is -0.465 e. The minimum absolute atomic E-state index is 0. The molecule has 1 saturated heterocycles. The quantitative estimate of drug-likeness (QED) is 0.591. The molecule has 60 valence electrons. The van der Waals surface area contributed by atoms with Crippen molar-refractivity contribution in [1.29, 1.82) is 0 Å². The highest BCUT2D eigenvalue weighted by Gasteiger charge is 2.24. The van der Waals surface area contributed by atoms with Crippen molar-refractivity contribution in [2.24, 2.45) is 0 Å². The van der Waals surface area contributed by atoms with Crippen molar-refractivity contribution in [2.75, 3.05) is 13.1 Å². The minimum atomic E-state index is -1.02. The second-order valence-electron chi connectivity index (χ2n) is 2.11. The Kier molecular flexibility index (Phi) is 3.42. The molecule has 1 aliphatic heterocycles. The van der Waals surface area contributed by atoms with Gasteiger partial charge in [-0.1, -0.05) is 0 Å². The first-order valence-electron chi connectivity index (χ1n) is 2.82. The third-order valence-electron chi connectivity index (χ3n) is 1.40. The van der Waals surface area contributed by atoms with E-state index < -0.39 is 12.3 Å². The Morgan fingerprint density at radius 1 is 1.70 bits per heavy atom. The van der Waals surface area contributed by atoms with Crippen LogP contribution in [0, 0.1) is 0 Å². The van der Waals surface area contributed by atoms with Crippen LogP contribution >= 0.6 is 12.4 Å². The van der Waals surface area contributed by atoms with Crippen molar-refractivity contribution in [3.63, 3.8) is 0 Å². The van der Waals surface area contributed by atoms with E-state index in [0.29, 0.717) is 13.0 Å². The lowest BCUT2D eigenvalue weighted by atomic mass is 10.3. The van der Waals surface area contributed by atoms with E-state index in [4.69, 9.17) is 5.11 Å². The number of nitrogens with zero attached hydrogens (tertiary/aromatic N) is 1. The summed E-state index contributed by atoms with van der Waals surface area (Å²) in [5.74, 6) is 0. The standard InChI is InChI=1S/C5H8FNO2.ClH/c6-4-1-2-7(3-4)5(8)9;/h4H,1-3H2,(H,8,9);1H. The Bertz CT molecular complexity index is 133. The predicted molar refractivity (Wildman–Crippen MR) is 36.4 cm³/mol. The Balaban J connectivity index is 0.000000810. The first kappa shape index (κ1) is 9.49. The third kappa shape index (κ3) is 2.02. The van der Waals surface area contributed by atoms with Gasteiger partial charge in [-0.25, -0.2) is 9.18 Å². The topological polar surface area (TPSA) is 40.5 Å². The summed E-state index contributed by atoms with van der Waals surface area (Å²) in [6.07, 6.45) is -1.61. The molecule has 0 saturated carbocycles. The summed E-state index contributed by atoms with van der Waals surface area (Å²) >= 11 is 0. The average Bonchev–Trinajstić information content (AvgIpc) is 2.14. The van der Waals surface area contributed by atoms with Crippen LogP contribution in [-0.4, -0.2) is 35.4 Å². The SMILES string of the molecule is Cl.O=C(O)N1CCC(F)C1. The van der Waals surface area contributed by atoms with Crippen LogP contribution in [0.3, 0.4) is 0 Å². The van der Waals surface area contributed by atoms with E-state index in [0.717, 1.165) is 4.90 Å². The van der Waals surface area contributed by atoms with Gasteiger partial charge in [-0.3, -0.25) is 0 Å². The highest BCUT2D eigenvalue weighted by molar-refractivity contribution is 5.85. The van der Waals surface area contributed by atoms with Crippen LogP contribution in [0.1, 0.15) is 6.42 Å². The molecule has 0 aromatic heterocycles. The zero-order chi connectivity index (χ0) is 6.85. The Morgan fingerprint density at radius 2 is 2.30 bits per heavy atom. The fraction of sp³-hybridized carbons (Fsp3) is 0.800. The molecule has 0 aliphatic carbocycles. The van der Waals surface area contributed by atoms with E-state index >= 15 is 0 Å². The summed E-state index contributed by atoms with van der Waals surface area (Å²) in [5, 5.41) is 8.29. The third-order valence-corrected chi connectivity index (χ3v) is 1.40. The fourth-order valence-corrected chi connectivity index (χ4v) is 0.891. The molecule has 1 atom stereocenters. The molecule has 0 spiro atoms. The van der Waals surface area contributed by atoms with Gasteiger partial charge in [0, 0.05) is 6.54 Å². The van der Waals surface area contributed by atoms with Crippen molar-refractivity contribution in [3.05, 3.63) is 0 Å². The molecule has 1 fully saturated rings. The molecular formula is C5H9ClFNO2. The normalized spacial score (nSPS) is 24.1. The number of rotatable bonds is 0. The summed E-state index contributed by atoms with van der Waals surface area (Å²) < 4.78 is 12.2.